The predicted molar refractivity (Wildman–Crippen MR) is 83.2 cm³/mol. The Morgan fingerprint density at radius 1 is 1.27 bits per heavy atom. The molecule has 0 radical (unpaired) electrons. The molecule has 6 heteroatoms. The molecule has 5 nitrogen and oxygen atoms in total. The average molecular weight is 302 g/mol. The van der Waals surface area contributed by atoms with Crippen molar-refractivity contribution in [2.24, 2.45) is 0 Å². The first kappa shape index (κ1) is 14.7. The van der Waals surface area contributed by atoms with E-state index in [-0.39, 0.29) is 18.5 Å². The van der Waals surface area contributed by atoms with Crippen LogP contribution in [-0.2, 0) is 6.54 Å². The summed E-state index contributed by atoms with van der Waals surface area (Å²) in [6.07, 6.45) is 3.57. The van der Waals surface area contributed by atoms with Crippen LogP contribution in [0.15, 0.2) is 36.7 Å². The van der Waals surface area contributed by atoms with Crippen molar-refractivity contribution in [3.63, 3.8) is 0 Å². The SMILES string of the molecule is OC[C@@H]1CCCN1c1cc(NCc2ccc(F)cc2)ncn1. The van der Waals surface area contributed by atoms with Crippen molar-refractivity contribution in [2.45, 2.75) is 25.4 Å². The summed E-state index contributed by atoms with van der Waals surface area (Å²) in [4.78, 5) is 10.6. The van der Waals surface area contributed by atoms with Gasteiger partial charge in [0.05, 0.1) is 12.6 Å². The summed E-state index contributed by atoms with van der Waals surface area (Å²) >= 11 is 0. The quantitative estimate of drug-likeness (QED) is 0.886. The summed E-state index contributed by atoms with van der Waals surface area (Å²) in [7, 11) is 0. The fourth-order valence-electron chi connectivity index (χ4n) is 2.72. The van der Waals surface area contributed by atoms with E-state index in [1.54, 1.807) is 12.1 Å². The number of hydrogen-bond acceptors (Lipinski definition) is 5. The first-order valence-corrected chi connectivity index (χ1v) is 7.44. The van der Waals surface area contributed by atoms with Crippen molar-refractivity contribution >= 4 is 11.6 Å². The number of nitrogens with zero attached hydrogens (tertiary/aromatic N) is 3. The molecule has 1 atom stereocenters. The zero-order valence-corrected chi connectivity index (χ0v) is 12.2. The molecule has 1 saturated heterocycles. The monoisotopic (exact) mass is 302 g/mol. The Hall–Kier alpha value is -2.21. The van der Waals surface area contributed by atoms with E-state index >= 15 is 0 Å². The van der Waals surface area contributed by atoms with Crippen LogP contribution in [0.2, 0.25) is 0 Å². The lowest BCUT2D eigenvalue weighted by atomic mass is 10.2. The van der Waals surface area contributed by atoms with Crippen LogP contribution in [0.3, 0.4) is 0 Å². The Kier molecular flexibility index (Phi) is 4.48. The molecule has 2 aromatic rings. The van der Waals surface area contributed by atoms with Gasteiger partial charge in [-0.05, 0) is 30.5 Å². The second-order valence-corrected chi connectivity index (χ2v) is 5.41. The molecule has 1 aromatic carbocycles. The van der Waals surface area contributed by atoms with Crippen molar-refractivity contribution in [1.29, 1.82) is 0 Å². The minimum Gasteiger partial charge on any atom is -0.394 e. The summed E-state index contributed by atoms with van der Waals surface area (Å²) in [5.74, 6) is 1.31. The predicted octanol–water partition coefficient (Wildman–Crippen LogP) is 2.19. The van der Waals surface area contributed by atoms with E-state index in [0.29, 0.717) is 6.54 Å². The number of hydrogen-bond donors (Lipinski definition) is 2. The zero-order chi connectivity index (χ0) is 15.4. The van der Waals surface area contributed by atoms with Crippen LogP contribution in [0.4, 0.5) is 16.0 Å². The first-order chi connectivity index (χ1) is 10.8. The molecule has 0 amide bonds. The van der Waals surface area contributed by atoms with Crippen LogP contribution < -0.4 is 10.2 Å². The molecule has 2 N–H and O–H groups in total. The summed E-state index contributed by atoms with van der Waals surface area (Å²) in [6, 6.07) is 8.40. The first-order valence-electron chi connectivity index (χ1n) is 7.44. The number of rotatable bonds is 5. The highest BCUT2D eigenvalue weighted by atomic mass is 19.1. The van der Waals surface area contributed by atoms with E-state index in [0.717, 1.165) is 36.6 Å². The van der Waals surface area contributed by atoms with Crippen LogP contribution >= 0.6 is 0 Å². The minimum atomic E-state index is -0.239. The number of anilines is 2. The second kappa shape index (κ2) is 6.70. The summed E-state index contributed by atoms with van der Waals surface area (Å²) < 4.78 is 12.9. The van der Waals surface area contributed by atoms with Gasteiger partial charge in [-0.2, -0.15) is 0 Å². The Bertz CT molecular complexity index is 620. The molecule has 116 valence electrons. The van der Waals surface area contributed by atoms with Crippen LogP contribution in [0.1, 0.15) is 18.4 Å². The van der Waals surface area contributed by atoms with Crippen molar-refractivity contribution in [3.8, 4) is 0 Å². The molecule has 0 aliphatic carbocycles. The van der Waals surface area contributed by atoms with Gasteiger partial charge in [-0.15, -0.1) is 0 Å². The smallest absolute Gasteiger partial charge is 0.134 e. The van der Waals surface area contributed by atoms with Gasteiger partial charge in [0.2, 0.25) is 0 Å². The normalized spacial score (nSPS) is 17.7. The van der Waals surface area contributed by atoms with Gasteiger partial charge in [-0.3, -0.25) is 0 Å². The maximum absolute atomic E-state index is 12.9. The minimum absolute atomic E-state index is 0.139. The summed E-state index contributed by atoms with van der Waals surface area (Å²) in [5.41, 5.74) is 0.982. The Morgan fingerprint density at radius 3 is 2.86 bits per heavy atom. The molecule has 2 heterocycles. The summed E-state index contributed by atoms with van der Waals surface area (Å²) in [6.45, 7) is 1.61. The molecule has 0 saturated carbocycles. The van der Waals surface area contributed by atoms with E-state index in [1.165, 1.54) is 18.5 Å². The molecule has 3 rings (SSSR count). The molecule has 1 fully saturated rings. The molecule has 1 aromatic heterocycles. The Balaban J connectivity index is 1.67. The third-order valence-corrected chi connectivity index (χ3v) is 3.92. The van der Waals surface area contributed by atoms with Gasteiger partial charge >= 0.3 is 0 Å². The van der Waals surface area contributed by atoms with E-state index in [9.17, 15) is 9.50 Å². The molecular weight excluding hydrogens is 283 g/mol. The van der Waals surface area contributed by atoms with Gasteiger partial charge in [0.25, 0.3) is 0 Å². The van der Waals surface area contributed by atoms with Crippen LogP contribution in [0.25, 0.3) is 0 Å². The highest BCUT2D eigenvalue weighted by Crippen LogP contribution is 2.24. The topological polar surface area (TPSA) is 61.3 Å². The number of aromatic nitrogens is 2. The number of benzene rings is 1. The number of halogens is 1. The van der Waals surface area contributed by atoms with Gasteiger partial charge in [0, 0.05) is 19.2 Å². The van der Waals surface area contributed by atoms with Gasteiger partial charge in [0.1, 0.15) is 23.8 Å². The molecular formula is C16H19FN4O. The largest absolute Gasteiger partial charge is 0.394 e. The fraction of sp³-hybridized carbons (Fsp3) is 0.375. The Morgan fingerprint density at radius 2 is 2.09 bits per heavy atom. The van der Waals surface area contributed by atoms with E-state index in [4.69, 9.17) is 0 Å². The van der Waals surface area contributed by atoms with Crippen LogP contribution in [-0.4, -0.2) is 34.3 Å². The lowest BCUT2D eigenvalue weighted by Gasteiger charge is -2.24. The van der Waals surface area contributed by atoms with Gasteiger partial charge < -0.3 is 15.3 Å². The van der Waals surface area contributed by atoms with Crippen molar-refractivity contribution in [2.75, 3.05) is 23.4 Å². The van der Waals surface area contributed by atoms with Crippen molar-refractivity contribution in [1.82, 2.24) is 9.97 Å². The van der Waals surface area contributed by atoms with Crippen molar-refractivity contribution < 1.29 is 9.50 Å². The molecule has 0 unspecified atom stereocenters. The lowest BCUT2D eigenvalue weighted by molar-refractivity contribution is 0.266. The number of aliphatic hydroxyl groups excluding tert-OH is 1. The van der Waals surface area contributed by atoms with Crippen LogP contribution in [0.5, 0.6) is 0 Å². The number of nitrogens with one attached hydrogen (secondary N) is 1. The maximum atomic E-state index is 12.9. The highest BCUT2D eigenvalue weighted by Gasteiger charge is 2.25. The highest BCUT2D eigenvalue weighted by molar-refractivity contribution is 5.50. The lowest BCUT2D eigenvalue weighted by Crippen LogP contribution is -2.32. The van der Waals surface area contributed by atoms with E-state index in [1.807, 2.05) is 6.07 Å². The standard InChI is InChI=1S/C16H19FN4O/c17-13-5-3-12(4-6-13)9-18-15-8-16(20-11-19-15)21-7-1-2-14(21)10-22/h3-6,8,11,14,22H,1-2,7,9-10H2,(H,18,19,20)/t14-/m0/s1. The van der Waals surface area contributed by atoms with E-state index in [2.05, 4.69) is 20.2 Å². The van der Waals surface area contributed by atoms with Crippen molar-refractivity contribution in [3.05, 3.63) is 48.0 Å². The Labute approximate surface area is 128 Å². The second-order valence-electron chi connectivity index (χ2n) is 5.41. The molecule has 22 heavy (non-hydrogen) atoms. The van der Waals surface area contributed by atoms with Gasteiger partial charge in [0.15, 0.2) is 0 Å². The third-order valence-electron chi connectivity index (χ3n) is 3.92. The van der Waals surface area contributed by atoms with Gasteiger partial charge in [-0.25, -0.2) is 14.4 Å². The molecule has 0 bridgehead atoms. The maximum Gasteiger partial charge on any atom is 0.134 e. The van der Waals surface area contributed by atoms with Gasteiger partial charge in [-0.1, -0.05) is 12.1 Å². The number of aliphatic hydroxyl groups is 1. The molecule has 0 spiro atoms. The summed E-state index contributed by atoms with van der Waals surface area (Å²) in [5, 5.41) is 12.6. The zero-order valence-electron chi connectivity index (χ0n) is 12.2. The average Bonchev–Trinajstić information content (AvgIpc) is 3.03. The molecule has 1 aliphatic heterocycles. The molecule has 1 aliphatic rings. The van der Waals surface area contributed by atoms with Crippen LogP contribution in [0, 0.1) is 5.82 Å². The third kappa shape index (κ3) is 3.33. The van der Waals surface area contributed by atoms with E-state index < -0.39 is 0 Å². The fourth-order valence-corrected chi connectivity index (χ4v) is 2.72.